The molecule has 3 aromatic rings. The molecule has 3 rings (SSSR count). The smallest absolute Gasteiger partial charge is 0.264 e. The molecule has 0 saturated heterocycles. The number of rotatable bonds is 12. The summed E-state index contributed by atoms with van der Waals surface area (Å²) in [6.45, 7) is 9.63. The van der Waals surface area contributed by atoms with Crippen LogP contribution in [0, 0.1) is 20.8 Å². The zero-order chi connectivity index (χ0) is 28.6. The third-order valence-corrected chi connectivity index (χ3v) is 8.62. The first-order valence-electron chi connectivity index (χ1n) is 13.3. The highest BCUT2D eigenvalue weighted by molar-refractivity contribution is 7.92. The first-order chi connectivity index (χ1) is 18.6. The Balaban J connectivity index is 2.04. The number of hydrogen-bond acceptors (Lipinski definition) is 4. The van der Waals surface area contributed by atoms with E-state index in [-0.39, 0.29) is 17.3 Å². The number of unbranched alkanes of at least 4 members (excludes halogenated alkanes) is 1. The SMILES string of the molecule is CCCCNC(=O)[C@@H](C)N(Cc1ccccc1C)C(=O)CN(c1cc(C)ccc1C)S(=O)(=O)c1ccccc1. The minimum absolute atomic E-state index is 0.0921. The van der Waals surface area contributed by atoms with Gasteiger partial charge in [-0.1, -0.05) is 67.9 Å². The topological polar surface area (TPSA) is 86.8 Å². The molecule has 0 aliphatic carbocycles. The van der Waals surface area contributed by atoms with Crippen LogP contribution in [0.2, 0.25) is 0 Å². The van der Waals surface area contributed by atoms with Gasteiger partial charge in [-0.3, -0.25) is 13.9 Å². The first kappa shape index (κ1) is 29.9. The zero-order valence-corrected chi connectivity index (χ0v) is 24.3. The third-order valence-electron chi connectivity index (χ3n) is 6.84. The first-order valence-corrected chi connectivity index (χ1v) is 14.8. The van der Waals surface area contributed by atoms with E-state index in [2.05, 4.69) is 5.32 Å². The molecule has 0 fully saturated rings. The molecule has 3 aromatic carbocycles. The normalized spacial score (nSPS) is 12.0. The summed E-state index contributed by atoms with van der Waals surface area (Å²) in [5.41, 5.74) is 3.91. The number of nitrogens with zero attached hydrogens (tertiary/aromatic N) is 2. The number of sulfonamides is 1. The molecule has 39 heavy (non-hydrogen) atoms. The summed E-state index contributed by atoms with van der Waals surface area (Å²) < 4.78 is 29.0. The molecule has 0 spiro atoms. The summed E-state index contributed by atoms with van der Waals surface area (Å²) in [4.78, 5) is 28.7. The molecule has 1 atom stereocenters. The van der Waals surface area contributed by atoms with Gasteiger partial charge in [-0.2, -0.15) is 0 Å². The van der Waals surface area contributed by atoms with Crippen molar-refractivity contribution in [1.29, 1.82) is 0 Å². The monoisotopic (exact) mass is 549 g/mol. The maximum Gasteiger partial charge on any atom is 0.264 e. The van der Waals surface area contributed by atoms with Crippen molar-refractivity contribution in [3.8, 4) is 0 Å². The second-order valence-corrected chi connectivity index (χ2v) is 11.7. The van der Waals surface area contributed by atoms with E-state index >= 15 is 0 Å². The quantitative estimate of drug-likeness (QED) is 0.317. The van der Waals surface area contributed by atoms with Crippen LogP contribution in [-0.2, 0) is 26.2 Å². The lowest BCUT2D eigenvalue weighted by Gasteiger charge is -2.33. The van der Waals surface area contributed by atoms with Gasteiger partial charge in [0.05, 0.1) is 10.6 Å². The van der Waals surface area contributed by atoms with Crippen LogP contribution in [0.25, 0.3) is 0 Å². The maximum absolute atomic E-state index is 14.0. The Morgan fingerprint density at radius 2 is 1.56 bits per heavy atom. The summed E-state index contributed by atoms with van der Waals surface area (Å²) in [7, 11) is -4.08. The Kier molecular flexibility index (Phi) is 10.3. The standard InChI is InChI=1S/C31H39N3O4S/c1-6-7-19-32-31(36)26(5)33(21-27-14-12-11-13-24(27)3)30(35)22-34(29-20-23(2)17-18-25(29)4)39(37,38)28-15-9-8-10-16-28/h8-18,20,26H,6-7,19,21-22H2,1-5H3,(H,32,36)/t26-/m1/s1. The van der Waals surface area contributed by atoms with Gasteiger partial charge in [0.2, 0.25) is 11.8 Å². The van der Waals surface area contributed by atoms with E-state index in [1.54, 1.807) is 31.2 Å². The van der Waals surface area contributed by atoms with E-state index < -0.39 is 28.5 Å². The maximum atomic E-state index is 14.0. The summed E-state index contributed by atoms with van der Waals surface area (Å²) in [5.74, 6) is -0.730. The van der Waals surface area contributed by atoms with Gasteiger partial charge in [-0.25, -0.2) is 8.42 Å². The molecule has 0 aliphatic rings. The average Bonchev–Trinajstić information content (AvgIpc) is 2.92. The van der Waals surface area contributed by atoms with Crippen LogP contribution in [0.3, 0.4) is 0 Å². The van der Waals surface area contributed by atoms with Gasteiger partial charge in [0.15, 0.2) is 0 Å². The van der Waals surface area contributed by atoms with Crippen molar-refractivity contribution in [3.05, 3.63) is 95.1 Å². The van der Waals surface area contributed by atoms with Crippen molar-refractivity contribution in [2.24, 2.45) is 0 Å². The minimum Gasteiger partial charge on any atom is -0.354 e. The number of nitrogens with one attached hydrogen (secondary N) is 1. The molecule has 0 radical (unpaired) electrons. The number of anilines is 1. The lowest BCUT2D eigenvalue weighted by molar-refractivity contribution is -0.139. The molecule has 0 bridgehead atoms. The van der Waals surface area contributed by atoms with E-state index in [4.69, 9.17) is 0 Å². The van der Waals surface area contributed by atoms with Crippen LogP contribution < -0.4 is 9.62 Å². The number of amides is 2. The predicted octanol–water partition coefficient (Wildman–Crippen LogP) is 5.14. The van der Waals surface area contributed by atoms with E-state index in [1.165, 1.54) is 21.3 Å². The lowest BCUT2D eigenvalue weighted by atomic mass is 10.1. The summed E-state index contributed by atoms with van der Waals surface area (Å²) in [6, 6.07) is 20.5. The molecule has 0 unspecified atom stereocenters. The lowest BCUT2D eigenvalue weighted by Crippen LogP contribution is -2.51. The van der Waals surface area contributed by atoms with Crippen LogP contribution >= 0.6 is 0 Å². The highest BCUT2D eigenvalue weighted by Gasteiger charge is 2.33. The molecule has 7 nitrogen and oxygen atoms in total. The van der Waals surface area contributed by atoms with Crippen molar-refractivity contribution in [2.75, 3.05) is 17.4 Å². The van der Waals surface area contributed by atoms with Crippen molar-refractivity contribution in [3.63, 3.8) is 0 Å². The van der Waals surface area contributed by atoms with Gasteiger partial charge < -0.3 is 10.2 Å². The molecule has 0 aromatic heterocycles. The number of benzene rings is 3. The summed E-state index contributed by atoms with van der Waals surface area (Å²) >= 11 is 0. The molecular formula is C31H39N3O4S. The molecule has 0 heterocycles. The van der Waals surface area contributed by atoms with Crippen LogP contribution in [-0.4, -0.2) is 44.3 Å². The summed E-state index contributed by atoms with van der Waals surface area (Å²) in [5, 5.41) is 2.91. The van der Waals surface area contributed by atoms with Crippen LogP contribution in [0.5, 0.6) is 0 Å². The molecule has 208 valence electrons. The van der Waals surface area contributed by atoms with Crippen LogP contribution in [0.15, 0.2) is 77.7 Å². The number of carbonyl (C=O) groups excluding carboxylic acids is 2. The summed E-state index contributed by atoms with van der Waals surface area (Å²) in [6.07, 6.45) is 1.77. The Hall–Kier alpha value is -3.65. The van der Waals surface area contributed by atoms with Crippen molar-refractivity contribution >= 4 is 27.5 Å². The Morgan fingerprint density at radius 3 is 2.23 bits per heavy atom. The van der Waals surface area contributed by atoms with Gasteiger partial charge in [0.25, 0.3) is 10.0 Å². The Morgan fingerprint density at radius 1 is 0.897 bits per heavy atom. The van der Waals surface area contributed by atoms with Gasteiger partial charge >= 0.3 is 0 Å². The van der Waals surface area contributed by atoms with E-state index in [1.807, 2.05) is 64.1 Å². The number of hydrogen-bond donors (Lipinski definition) is 1. The number of aryl methyl sites for hydroxylation is 3. The van der Waals surface area contributed by atoms with Gasteiger partial charge in [0.1, 0.15) is 12.6 Å². The minimum atomic E-state index is -4.08. The van der Waals surface area contributed by atoms with E-state index in [9.17, 15) is 18.0 Å². The van der Waals surface area contributed by atoms with E-state index in [0.29, 0.717) is 12.2 Å². The van der Waals surface area contributed by atoms with Crippen LogP contribution in [0.4, 0.5) is 5.69 Å². The van der Waals surface area contributed by atoms with Gasteiger partial charge in [-0.15, -0.1) is 0 Å². The molecular weight excluding hydrogens is 510 g/mol. The molecule has 2 amide bonds. The number of carbonyl (C=O) groups is 2. The van der Waals surface area contributed by atoms with E-state index in [0.717, 1.165) is 35.1 Å². The fourth-order valence-electron chi connectivity index (χ4n) is 4.31. The fraction of sp³-hybridized carbons (Fsp3) is 0.355. The highest BCUT2D eigenvalue weighted by atomic mass is 32.2. The molecule has 1 N–H and O–H groups in total. The largest absolute Gasteiger partial charge is 0.354 e. The van der Waals surface area contributed by atoms with Gasteiger partial charge in [-0.05, 0) is 74.6 Å². The molecule has 8 heteroatoms. The highest BCUT2D eigenvalue weighted by Crippen LogP contribution is 2.28. The van der Waals surface area contributed by atoms with Crippen molar-refractivity contribution < 1.29 is 18.0 Å². The predicted molar refractivity (Wildman–Crippen MR) is 156 cm³/mol. The second-order valence-electron chi connectivity index (χ2n) is 9.88. The van der Waals surface area contributed by atoms with Gasteiger partial charge in [0, 0.05) is 13.1 Å². The molecule has 0 aliphatic heterocycles. The van der Waals surface area contributed by atoms with Crippen LogP contribution in [0.1, 0.15) is 48.9 Å². The zero-order valence-electron chi connectivity index (χ0n) is 23.5. The molecule has 0 saturated carbocycles. The van der Waals surface area contributed by atoms with Crippen molar-refractivity contribution in [1.82, 2.24) is 10.2 Å². The fourth-order valence-corrected chi connectivity index (χ4v) is 5.80. The Bertz CT molecular complexity index is 1390. The Labute approximate surface area is 232 Å². The average molecular weight is 550 g/mol. The second kappa shape index (κ2) is 13.4. The van der Waals surface area contributed by atoms with Crippen molar-refractivity contribution in [2.45, 2.75) is 64.9 Å². The third kappa shape index (κ3) is 7.47.